The van der Waals surface area contributed by atoms with Crippen molar-refractivity contribution in [2.75, 3.05) is 0 Å². The highest BCUT2D eigenvalue weighted by Gasteiger charge is 2.22. The predicted molar refractivity (Wildman–Crippen MR) is 287 cm³/mol. The van der Waals surface area contributed by atoms with Crippen LogP contribution in [-0.4, -0.2) is 15.0 Å². The van der Waals surface area contributed by atoms with E-state index in [9.17, 15) is 0 Å². The van der Waals surface area contributed by atoms with Crippen molar-refractivity contribution >= 4 is 108 Å². The average molecular weight is 898 g/mol. The van der Waals surface area contributed by atoms with Crippen molar-refractivity contribution in [3.05, 3.63) is 212 Å². The van der Waals surface area contributed by atoms with Gasteiger partial charge in [-0.05, 0) is 73.8 Å². The minimum Gasteiger partial charge on any atom is -0.456 e. The lowest BCUT2D eigenvalue weighted by Crippen LogP contribution is -2.00. The first-order chi connectivity index (χ1) is 34.2. The fourth-order valence-corrected chi connectivity index (χ4v) is 12.2. The molecule has 15 aromatic rings. The summed E-state index contributed by atoms with van der Waals surface area (Å²) in [7, 11) is 0. The van der Waals surface area contributed by atoms with Gasteiger partial charge < -0.3 is 8.83 Å². The molecule has 0 radical (unpaired) electrons. The van der Waals surface area contributed by atoms with E-state index >= 15 is 0 Å². The molecular weight excluding hydrogens is 863 g/mol. The van der Waals surface area contributed by atoms with Crippen LogP contribution in [0.4, 0.5) is 0 Å². The van der Waals surface area contributed by atoms with Gasteiger partial charge in [-0.15, -0.1) is 11.3 Å². The fourth-order valence-electron chi connectivity index (χ4n) is 10.8. The van der Waals surface area contributed by atoms with E-state index in [4.69, 9.17) is 23.8 Å². The summed E-state index contributed by atoms with van der Waals surface area (Å²) in [6.45, 7) is 0. The number of fused-ring (bicyclic) bond motifs is 15. The van der Waals surface area contributed by atoms with E-state index < -0.39 is 0 Å². The summed E-state index contributed by atoms with van der Waals surface area (Å²) in [5.41, 5.74) is 10.4. The lowest BCUT2D eigenvalue weighted by molar-refractivity contribution is 0.669. The van der Waals surface area contributed by atoms with Gasteiger partial charge in [-0.2, -0.15) is 0 Å². The Morgan fingerprint density at radius 1 is 0.275 bits per heavy atom. The van der Waals surface area contributed by atoms with Crippen LogP contribution < -0.4 is 0 Å². The maximum absolute atomic E-state index is 6.97. The molecule has 0 amide bonds. The number of benzene rings is 11. The molecule has 0 saturated carbocycles. The molecule has 4 aromatic heterocycles. The SMILES string of the molecule is c1ccc(-c2cccc3c2sc2c(-c4cccc5c4oc4cccc(-c6nc(-c7ccc8c(c7)oc7ccccc78)nc(-c7ccc8c9ccccc9c9ccccc9c8c7)n6)c45)cccc23)cc1. The molecule has 0 atom stereocenters. The average Bonchev–Trinajstić information content (AvgIpc) is 4.12. The lowest BCUT2D eigenvalue weighted by Gasteiger charge is -2.13. The number of furan rings is 2. The van der Waals surface area contributed by atoms with Crippen LogP contribution in [0.5, 0.6) is 0 Å². The van der Waals surface area contributed by atoms with Crippen LogP contribution >= 0.6 is 11.3 Å². The molecular formula is C63H35N3O2S. The zero-order chi connectivity index (χ0) is 45.2. The summed E-state index contributed by atoms with van der Waals surface area (Å²) in [5.74, 6) is 1.69. The van der Waals surface area contributed by atoms with Crippen molar-refractivity contribution in [2.24, 2.45) is 0 Å². The van der Waals surface area contributed by atoms with Gasteiger partial charge in [0, 0.05) is 69.5 Å². The van der Waals surface area contributed by atoms with Gasteiger partial charge >= 0.3 is 0 Å². The van der Waals surface area contributed by atoms with Crippen molar-refractivity contribution in [2.45, 2.75) is 0 Å². The number of hydrogen-bond donors (Lipinski definition) is 0. The Hall–Kier alpha value is -8.97. The van der Waals surface area contributed by atoms with Crippen LogP contribution in [-0.2, 0) is 0 Å². The molecule has 4 heterocycles. The van der Waals surface area contributed by atoms with E-state index in [1.165, 1.54) is 58.2 Å². The summed E-state index contributed by atoms with van der Waals surface area (Å²) in [6.07, 6.45) is 0. The zero-order valence-corrected chi connectivity index (χ0v) is 37.6. The largest absolute Gasteiger partial charge is 0.456 e. The van der Waals surface area contributed by atoms with Crippen molar-refractivity contribution in [1.29, 1.82) is 0 Å². The van der Waals surface area contributed by atoms with Gasteiger partial charge in [0.1, 0.15) is 22.3 Å². The second-order valence-corrected chi connectivity index (χ2v) is 18.8. The molecule has 15 rings (SSSR count). The van der Waals surface area contributed by atoms with Crippen LogP contribution in [0.15, 0.2) is 221 Å². The highest BCUT2D eigenvalue weighted by Crippen LogP contribution is 2.47. The van der Waals surface area contributed by atoms with E-state index in [-0.39, 0.29) is 0 Å². The first-order valence-corrected chi connectivity index (χ1v) is 24.0. The zero-order valence-electron chi connectivity index (χ0n) is 36.8. The normalized spacial score (nSPS) is 12.1. The van der Waals surface area contributed by atoms with Crippen molar-refractivity contribution in [1.82, 2.24) is 15.0 Å². The molecule has 0 unspecified atom stereocenters. The third kappa shape index (κ3) is 5.79. The first-order valence-electron chi connectivity index (χ1n) is 23.2. The van der Waals surface area contributed by atoms with Crippen LogP contribution in [0.3, 0.4) is 0 Å². The summed E-state index contributed by atoms with van der Waals surface area (Å²) < 4.78 is 15.9. The third-order valence-electron chi connectivity index (χ3n) is 13.9. The Balaban J connectivity index is 0.948. The highest BCUT2D eigenvalue weighted by molar-refractivity contribution is 7.26. The highest BCUT2D eigenvalue weighted by atomic mass is 32.1. The monoisotopic (exact) mass is 897 g/mol. The van der Waals surface area contributed by atoms with Gasteiger partial charge in [-0.3, -0.25) is 0 Å². The molecule has 0 aliphatic heterocycles. The molecule has 0 fully saturated rings. The van der Waals surface area contributed by atoms with Crippen molar-refractivity contribution < 1.29 is 8.83 Å². The molecule has 11 aromatic carbocycles. The minimum absolute atomic E-state index is 0.553. The van der Waals surface area contributed by atoms with Crippen LogP contribution in [0, 0.1) is 0 Å². The number of nitrogens with zero attached hydrogens (tertiary/aromatic N) is 3. The lowest BCUT2D eigenvalue weighted by atomic mass is 9.93. The molecule has 0 spiro atoms. The molecule has 0 bridgehead atoms. The van der Waals surface area contributed by atoms with Gasteiger partial charge in [-0.1, -0.05) is 182 Å². The topological polar surface area (TPSA) is 65.0 Å². The Kier molecular flexibility index (Phi) is 8.17. The number of rotatable bonds is 5. The van der Waals surface area contributed by atoms with E-state index in [1.54, 1.807) is 0 Å². The number of hydrogen-bond acceptors (Lipinski definition) is 6. The second-order valence-electron chi connectivity index (χ2n) is 17.8. The number of aromatic nitrogens is 3. The second kappa shape index (κ2) is 14.8. The van der Waals surface area contributed by atoms with Gasteiger partial charge in [0.05, 0.1) is 0 Å². The molecule has 6 heteroatoms. The quantitative estimate of drug-likeness (QED) is 0.161. The first kappa shape index (κ1) is 38.2. The van der Waals surface area contributed by atoms with Gasteiger partial charge in [0.25, 0.3) is 0 Å². The van der Waals surface area contributed by atoms with Gasteiger partial charge in [0.15, 0.2) is 17.5 Å². The standard InChI is InChI=1S/C63H35N3O2S/c1-2-14-36(15-3-1)39-21-10-24-49-50-25-12-23-48(60(50)69-59(39)49)47-22-11-26-51-57-52(27-13-29-55(57)68-58(47)51)63-65-61(64-62(66-63)38-31-33-46-45-20-8-9-28-54(45)67-56(46)35-38)37-30-32-44-42-18-5-4-16-40(42)41-17-6-7-19-43(41)53(44)34-37/h1-35H. The summed E-state index contributed by atoms with van der Waals surface area (Å²) >= 11 is 1.85. The van der Waals surface area contributed by atoms with E-state index in [1.807, 2.05) is 41.7 Å². The minimum atomic E-state index is 0.553. The summed E-state index contributed by atoms with van der Waals surface area (Å²) in [5, 5.41) is 13.8. The maximum Gasteiger partial charge on any atom is 0.164 e. The van der Waals surface area contributed by atoms with Gasteiger partial charge in [0.2, 0.25) is 0 Å². The predicted octanol–water partition coefficient (Wildman–Crippen LogP) is 17.8. The van der Waals surface area contributed by atoms with Crippen LogP contribution in [0.25, 0.3) is 153 Å². The molecule has 69 heavy (non-hydrogen) atoms. The Morgan fingerprint density at radius 3 is 1.51 bits per heavy atom. The van der Waals surface area contributed by atoms with E-state index in [2.05, 4.69) is 182 Å². The van der Waals surface area contributed by atoms with Crippen LogP contribution in [0.2, 0.25) is 0 Å². The van der Waals surface area contributed by atoms with E-state index in [0.29, 0.717) is 17.5 Å². The third-order valence-corrected chi connectivity index (χ3v) is 15.2. The summed E-state index contributed by atoms with van der Waals surface area (Å²) in [6, 6.07) is 74.9. The smallest absolute Gasteiger partial charge is 0.164 e. The Labute approximate surface area is 398 Å². The maximum atomic E-state index is 6.97. The van der Waals surface area contributed by atoms with Crippen LogP contribution in [0.1, 0.15) is 0 Å². The molecule has 0 aliphatic carbocycles. The number of thiophene rings is 1. The Morgan fingerprint density at radius 2 is 0.768 bits per heavy atom. The van der Waals surface area contributed by atoms with Gasteiger partial charge in [-0.25, -0.2) is 15.0 Å². The fraction of sp³-hybridized carbons (Fsp3) is 0. The molecule has 5 nitrogen and oxygen atoms in total. The van der Waals surface area contributed by atoms with E-state index in [0.717, 1.165) is 77.1 Å². The molecule has 0 saturated heterocycles. The van der Waals surface area contributed by atoms with Crippen molar-refractivity contribution in [3.63, 3.8) is 0 Å². The molecule has 320 valence electrons. The van der Waals surface area contributed by atoms with Crippen molar-refractivity contribution in [3.8, 4) is 56.4 Å². The number of para-hydroxylation sites is 2. The summed E-state index contributed by atoms with van der Waals surface area (Å²) in [4.78, 5) is 16.0. The Bertz CT molecular complexity index is 4590. The molecule has 0 aliphatic rings. The molecule has 0 N–H and O–H groups in total.